The van der Waals surface area contributed by atoms with E-state index in [2.05, 4.69) is 9.37 Å². The van der Waals surface area contributed by atoms with Crippen molar-refractivity contribution in [2.75, 3.05) is 0 Å². The summed E-state index contributed by atoms with van der Waals surface area (Å²) in [6.07, 6.45) is 0. The molecule has 0 atom stereocenters. The van der Waals surface area contributed by atoms with E-state index in [9.17, 15) is 26.3 Å². The second kappa shape index (κ2) is 7.32. The number of nitriles is 5. The zero-order valence-electron chi connectivity index (χ0n) is 15.1. The van der Waals surface area contributed by atoms with Crippen LogP contribution in [0.5, 0.6) is 11.5 Å². The Morgan fingerprint density at radius 3 is 1.73 bits per heavy atom. The van der Waals surface area contributed by atoms with Crippen molar-refractivity contribution < 1.29 is 9.36 Å². The molecule has 0 radical (unpaired) electrons. The van der Waals surface area contributed by atoms with Crippen molar-refractivity contribution in [3.63, 3.8) is 0 Å². The van der Waals surface area contributed by atoms with E-state index in [1.54, 1.807) is 66.0 Å². The van der Waals surface area contributed by atoms with Gasteiger partial charge >= 0.3 is 173 Å². The topological polar surface area (TPSA) is 165 Å². The molecule has 0 aromatic heterocycles. The molecule has 1 aliphatic heterocycles. The maximum absolute atomic E-state index is 10.3. The number of rotatable bonds is 4. The number of para-hydroxylation sites is 2. The van der Waals surface area contributed by atoms with Crippen molar-refractivity contribution in [1.82, 2.24) is 9.46 Å². The summed E-state index contributed by atoms with van der Waals surface area (Å²) < 4.78 is 10.7. The Morgan fingerprint density at radius 1 is 0.767 bits per heavy atom. The summed E-state index contributed by atoms with van der Waals surface area (Å²) in [5, 5.41) is 49.8. The summed E-state index contributed by atoms with van der Waals surface area (Å²) in [5.41, 5.74) is 0. The van der Waals surface area contributed by atoms with Gasteiger partial charge in [0.2, 0.25) is 0 Å². The first-order chi connectivity index (χ1) is 14.4. The van der Waals surface area contributed by atoms with Crippen LogP contribution in [0.3, 0.4) is 0 Å². The molecule has 0 aliphatic carbocycles. The summed E-state index contributed by atoms with van der Waals surface area (Å²) in [4.78, 5) is 8.18. The minimum absolute atomic E-state index is 0.106. The molecule has 3 rings (SSSR count). The van der Waals surface area contributed by atoms with Crippen LogP contribution < -0.4 is 14.2 Å². The zero-order chi connectivity index (χ0) is 21.8. The summed E-state index contributed by atoms with van der Waals surface area (Å²) in [7, 11) is -5.52. The normalized spacial score (nSPS) is 22.8. The first kappa shape index (κ1) is 21.1. The Kier molecular flexibility index (Phi) is 5.15. The van der Waals surface area contributed by atoms with Crippen LogP contribution in [-0.2, 0) is 0 Å². The Labute approximate surface area is 173 Å². The Balaban J connectivity index is 2.30. The van der Waals surface area contributed by atoms with Crippen LogP contribution in [0, 0.1) is 55.4 Å². The fraction of sp³-hybridized carbons (Fsp3) is 0. The van der Waals surface area contributed by atoms with E-state index in [0.29, 0.717) is 0 Å². The third-order valence-electron chi connectivity index (χ3n) is 3.91. The second-order valence-corrected chi connectivity index (χ2v) is 13.9. The van der Waals surface area contributed by atoms with Crippen LogP contribution in [0.25, 0.3) is 0 Å². The van der Waals surface area contributed by atoms with Crippen molar-refractivity contribution in [2.24, 2.45) is 4.52 Å². The van der Waals surface area contributed by atoms with Gasteiger partial charge in [-0.3, -0.25) is 0 Å². The molecule has 0 unspecified atom stereocenters. The Morgan fingerprint density at radius 2 is 1.27 bits per heavy atom. The molecule has 146 valence electrons. The molecule has 0 saturated carbocycles. The second-order valence-electron chi connectivity index (χ2n) is 5.90. The monoisotopic (exact) mass is 452 g/mol. The van der Waals surface area contributed by atoms with Crippen molar-refractivity contribution in [3.05, 3.63) is 60.7 Å². The molecule has 1 N–H and O–H groups in total. The molecule has 10 nitrogen and oxygen atoms in total. The van der Waals surface area contributed by atoms with Gasteiger partial charge in [-0.15, -0.1) is 0 Å². The van der Waals surface area contributed by atoms with Gasteiger partial charge in [-0.25, -0.2) is 0 Å². The molecule has 2 aromatic rings. The van der Waals surface area contributed by atoms with Crippen molar-refractivity contribution in [3.8, 4) is 40.6 Å². The van der Waals surface area contributed by atoms with Crippen molar-refractivity contribution in [1.29, 1.82) is 26.3 Å². The number of nitrogens with zero attached hydrogens (tertiary/aromatic N) is 7. The molecule has 0 fully saturated rings. The van der Waals surface area contributed by atoms with Crippen LogP contribution in [0.2, 0.25) is 0 Å². The average Bonchev–Trinajstić information content (AvgIpc) is 2.82. The molecular weight excluding hydrogens is 441 g/mol. The predicted octanol–water partition coefficient (Wildman–Crippen LogP) is 5.10. The van der Waals surface area contributed by atoms with Gasteiger partial charge in [-0.1, -0.05) is 0 Å². The molecule has 1 heterocycles. The van der Waals surface area contributed by atoms with Gasteiger partial charge in [-0.2, -0.15) is 0 Å². The fourth-order valence-electron chi connectivity index (χ4n) is 2.40. The Hall–Kier alpha value is -3.63. The van der Waals surface area contributed by atoms with E-state index in [4.69, 9.17) is 9.36 Å². The van der Waals surface area contributed by atoms with Gasteiger partial charge in [-0.05, 0) is 0 Å². The van der Waals surface area contributed by atoms with Gasteiger partial charge in [0, 0.05) is 0 Å². The van der Waals surface area contributed by atoms with Crippen LogP contribution in [0.15, 0.2) is 65.2 Å². The predicted molar refractivity (Wildman–Crippen MR) is 110 cm³/mol. The molecule has 1 aliphatic rings. The van der Waals surface area contributed by atoms with Gasteiger partial charge in [0.25, 0.3) is 0 Å². The van der Waals surface area contributed by atoms with E-state index >= 15 is 0 Å². The minimum atomic E-state index is -5.26. The first-order valence-electron chi connectivity index (χ1n) is 8.08. The molecule has 2 aromatic carbocycles. The van der Waals surface area contributed by atoms with E-state index in [-0.39, 0.29) is 20.0 Å². The maximum atomic E-state index is 10.3. The average molecular weight is 452 g/mol. The standard InChI is InChI=1S/C17H11N8O2P3/c18-11-29(12-19,13-20)23-28-25(26-16-7-3-1-4-8-16)30(14-21,15-22,24-29)27-17-9-5-2-6-10-17/h1-10,24H. The quantitative estimate of drug-likeness (QED) is 0.621. The van der Waals surface area contributed by atoms with Crippen LogP contribution in [-0.4, -0.2) is 4.60 Å². The van der Waals surface area contributed by atoms with Crippen molar-refractivity contribution in [2.45, 2.75) is 0 Å². The number of benzene rings is 2. The third-order valence-corrected chi connectivity index (χ3v) is 13.4. The molecule has 30 heavy (non-hydrogen) atoms. The summed E-state index contributed by atoms with van der Waals surface area (Å²) >= 11 is 0. The number of hydrogen-bond acceptors (Lipinski definition) is 10. The number of hydrogen-bond donors (Lipinski definition) is 1. The summed E-state index contributed by atoms with van der Waals surface area (Å²) in [6.45, 7) is -5.07. The molecule has 0 bridgehead atoms. The van der Waals surface area contributed by atoms with Gasteiger partial charge < -0.3 is 0 Å². The molecular formula is C17H11N8O2P3. The zero-order valence-corrected chi connectivity index (χ0v) is 17.7. The fourth-order valence-corrected chi connectivity index (χ4v) is 11.6. The van der Waals surface area contributed by atoms with Gasteiger partial charge in [0.15, 0.2) is 0 Å². The third kappa shape index (κ3) is 3.11. The van der Waals surface area contributed by atoms with E-state index in [0.717, 1.165) is 4.60 Å². The van der Waals surface area contributed by atoms with E-state index in [1.807, 2.05) is 11.6 Å². The summed E-state index contributed by atoms with van der Waals surface area (Å²) in [6, 6.07) is 16.2. The Bertz CT molecular complexity index is 1180. The molecule has 0 spiro atoms. The molecule has 13 heteroatoms. The summed E-state index contributed by atoms with van der Waals surface area (Å²) in [5.74, 6) is 8.95. The van der Waals surface area contributed by atoms with Crippen molar-refractivity contribution >= 4 is 22.6 Å². The van der Waals surface area contributed by atoms with E-state index < -0.39 is 14.0 Å². The van der Waals surface area contributed by atoms with Crippen LogP contribution in [0.4, 0.5) is 0 Å². The number of nitrogens with one attached hydrogen (secondary N) is 1. The van der Waals surface area contributed by atoms with Crippen LogP contribution >= 0.6 is 22.6 Å². The molecule has 0 amide bonds. The first-order valence-corrected chi connectivity index (χ1v) is 13.2. The van der Waals surface area contributed by atoms with Gasteiger partial charge in [0.1, 0.15) is 0 Å². The van der Waals surface area contributed by atoms with E-state index in [1.165, 1.54) is 12.1 Å². The van der Waals surface area contributed by atoms with Gasteiger partial charge in [0.05, 0.1) is 0 Å². The van der Waals surface area contributed by atoms with Crippen LogP contribution in [0.1, 0.15) is 0 Å². The SMILES string of the molecule is N#CP1(C#N)(C#N)N=PN(Oc2ccccc2)P(C#N)(C#N)(Oc2ccccc2)N1. The molecule has 0 saturated heterocycles.